The maximum Gasteiger partial charge on any atom is 0.332 e. The molecule has 1 saturated carbocycles. The van der Waals surface area contributed by atoms with Crippen molar-refractivity contribution in [2.45, 2.75) is 81.7 Å². The smallest absolute Gasteiger partial charge is 0.332 e. The van der Waals surface area contributed by atoms with Gasteiger partial charge >= 0.3 is 5.97 Å². The molecule has 46 heavy (non-hydrogen) atoms. The molecule has 3 unspecified atom stereocenters. The third-order valence-electron chi connectivity index (χ3n) is 10.1. The zero-order valence-corrected chi connectivity index (χ0v) is 27.2. The van der Waals surface area contributed by atoms with Crippen molar-refractivity contribution in [1.82, 2.24) is 15.1 Å². The molecule has 0 radical (unpaired) electrons. The summed E-state index contributed by atoms with van der Waals surface area (Å²) < 4.78 is 34.4. The fourth-order valence-corrected chi connectivity index (χ4v) is 7.54. The maximum absolute atomic E-state index is 14.6. The van der Waals surface area contributed by atoms with Crippen LogP contribution in [0.1, 0.15) is 75.3 Å². The number of esters is 1. The lowest BCUT2D eigenvalue weighted by Gasteiger charge is -2.47. The highest BCUT2D eigenvalue weighted by Crippen LogP contribution is 2.50. The first-order valence-corrected chi connectivity index (χ1v) is 16.7. The summed E-state index contributed by atoms with van der Waals surface area (Å²) in [5.41, 5.74) is 3.01. The first-order valence-electron chi connectivity index (χ1n) is 16.3. The number of allylic oxidation sites excluding steroid dienone is 7. The first-order chi connectivity index (χ1) is 22.1. The zero-order valence-electron chi connectivity index (χ0n) is 26.5. The lowest BCUT2D eigenvalue weighted by molar-refractivity contribution is -0.144. The molecule has 6 rings (SSSR count). The number of alkyl halides is 2. The highest BCUT2D eigenvalue weighted by Gasteiger charge is 2.48. The molecule has 0 spiro atoms. The Morgan fingerprint density at radius 1 is 1.07 bits per heavy atom. The molecule has 1 fully saturated rings. The van der Waals surface area contributed by atoms with Crippen LogP contribution in [0, 0.1) is 5.92 Å². The molecule has 3 atom stereocenters. The van der Waals surface area contributed by atoms with E-state index in [0.29, 0.717) is 49.3 Å². The Labute approximate surface area is 275 Å². The monoisotopic (exact) mass is 649 g/mol. The summed E-state index contributed by atoms with van der Waals surface area (Å²) in [6.45, 7) is 3.57. The summed E-state index contributed by atoms with van der Waals surface area (Å²) >= 11 is 6.88. The van der Waals surface area contributed by atoms with Crippen LogP contribution in [0.15, 0.2) is 95.0 Å². The zero-order chi connectivity index (χ0) is 32.5. The number of nitrogens with one attached hydrogen (secondary N) is 1. The number of rotatable bonds is 9. The molecular formula is C37H42ClF2N3O3. The van der Waals surface area contributed by atoms with E-state index in [9.17, 15) is 18.4 Å². The van der Waals surface area contributed by atoms with Crippen LogP contribution in [0.4, 0.5) is 8.78 Å². The van der Waals surface area contributed by atoms with E-state index in [-0.39, 0.29) is 28.9 Å². The number of carbonyl (C=O) groups excluding carboxylic acids is 2. The van der Waals surface area contributed by atoms with Gasteiger partial charge in [-0.3, -0.25) is 4.79 Å². The number of amides is 1. The Kier molecular flexibility index (Phi) is 9.28. The topological polar surface area (TPSA) is 61.9 Å². The largest absolute Gasteiger partial charge is 0.467 e. The number of benzene rings is 1. The van der Waals surface area contributed by atoms with E-state index < -0.39 is 17.9 Å². The van der Waals surface area contributed by atoms with Crippen molar-refractivity contribution in [3.05, 3.63) is 106 Å². The summed E-state index contributed by atoms with van der Waals surface area (Å²) in [6.07, 6.45) is 21.3. The third kappa shape index (κ3) is 6.59. The quantitative estimate of drug-likeness (QED) is 0.280. The number of methoxy groups -OCH3 is 1. The van der Waals surface area contributed by atoms with Gasteiger partial charge in [-0.25, -0.2) is 13.6 Å². The Balaban J connectivity index is 1.11. The van der Waals surface area contributed by atoms with Crippen molar-refractivity contribution in [1.29, 1.82) is 0 Å². The Morgan fingerprint density at radius 2 is 1.83 bits per heavy atom. The van der Waals surface area contributed by atoms with Crippen molar-refractivity contribution >= 4 is 23.5 Å². The first kappa shape index (κ1) is 32.3. The summed E-state index contributed by atoms with van der Waals surface area (Å²) in [6, 6.07) is 6.05. The number of ether oxygens (including phenoxy) is 1. The molecule has 5 aliphatic rings. The minimum Gasteiger partial charge on any atom is -0.467 e. The summed E-state index contributed by atoms with van der Waals surface area (Å²) in [5.74, 6) is -4.06. The van der Waals surface area contributed by atoms with Crippen LogP contribution >= 0.6 is 11.6 Å². The average molecular weight is 650 g/mol. The third-order valence-corrected chi connectivity index (χ3v) is 10.5. The minimum atomic E-state index is -2.81. The molecule has 1 N–H and O–H groups in total. The normalized spacial score (nSPS) is 25.6. The summed E-state index contributed by atoms with van der Waals surface area (Å²) in [7, 11) is 1.43. The molecule has 1 heterocycles. The van der Waals surface area contributed by atoms with Gasteiger partial charge < -0.3 is 19.9 Å². The van der Waals surface area contributed by atoms with Crippen molar-refractivity contribution in [2.75, 3.05) is 20.2 Å². The lowest BCUT2D eigenvalue weighted by Crippen LogP contribution is -2.52. The number of carbonyl (C=O) groups is 2. The number of hydrogen-bond acceptors (Lipinski definition) is 5. The molecule has 0 saturated heterocycles. The van der Waals surface area contributed by atoms with Crippen LogP contribution in [-0.2, 0) is 20.2 Å². The SMILES string of the molecule is COC(=O)C(C1=CC=CCC1)N1C=CN(C2(C)CCC(NC(=O)C3=CC=CCC3c3ccc(C(F)(F)C4CC4)cc3)=C(Cl)C2)CC1. The molecule has 1 aliphatic heterocycles. The molecule has 0 aromatic heterocycles. The number of hydrogen-bond donors (Lipinski definition) is 1. The molecule has 1 aromatic rings. The van der Waals surface area contributed by atoms with Gasteiger partial charge in [-0.2, -0.15) is 0 Å². The summed E-state index contributed by atoms with van der Waals surface area (Å²) in [5, 5.41) is 3.72. The molecule has 0 bridgehead atoms. The lowest BCUT2D eigenvalue weighted by atomic mass is 9.82. The molecule has 1 amide bonds. The average Bonchev–Trinajstić information content (AvgIpc) is 3.94. The van der Waals surface area contributed by atoms with E-state index in [1.54, 1.807) is 12.1 Å². The van der Waals surface area contributed by atoms with Gasteiger partial charge in [0.15, 0.2) is 0 Å². The van der Waals surface area contributed by atoms with Crippen LogP contribution in [-0.4, -0.2) is 53.5 Å². The van der Waals surface area contributed by atoms with E-state index in [4.69, 9.17) is 16.3 Å². The second kappa shape index (κ2) is 13.2. The second-order valence-corrected chi connectivity index (χ2v) is 13.7. The van der Waals surface area contributed by atoms with Gasteiger partial charge in [0.25, 0.3) is 11.8 Å². The summed E-state index contributed by atoms with van der Waals surface area (Å²) in [4.78, 5) is 30.7. The van der Waals surface area contributed by atoms with Gasteiger partial charge in [0, 0.05) is 71.2 Å². The van der Waals surface area contributed by atoms with Crippen molar-refractivity contribution in [2.24, 2.45) is 5.92 Å². The van der Waals surface area contributed by atoms with Gasteiger partial charge in [0.1, 0.15) is 6.04 Å². The van der Waals surface area contributed by atoms with Crippen molar-refractivity contribution in [3.63, 3.8) is 0 Å². The Hall–Kier alpha value is -3.65. The molecular weight excluding hydrogens is 608 g/mol. The molecule has 244 valence electrons. The van der Waals surface area contributed by atoms with E-state index in [1.807, 2.05) is 42.8 Å². The number of nitrogens with zero attached hydrogens (tertiary/aromatic N) is 2. The van der Waals surface area contributed by atoms with E-state index in [0.717, 1.165) is 42.6 Å². The van der Waals surface area contributed by atoms with Gasteiger partial charge in [-0.1, -0.05) is 72.3 Å². The standard InChI is InChI=1S/C37H42ClF2N3O3/c1-36(43-22-20-42(21-23-43)33(35(45)46-2)26-8-4-3-5-9-26)19-18-32(31(38)24-36)41-34(44)30-11-7-6-10-29(30)25-12-14-27(15-13-25)37(39,40)28-16-17-28/h3-4,6-8,11-15,20,22,28-29,33H,5,9-10,16-19,21,23-24H2,1-2H3,(H,41,44). The Morgan fingerprint density at radius 3 is 2.46 bits per heavy atom. The van der Waals surface area contributed by atoms with Crippen LogP contribution in [0.5, 0.6) is 0 Å². The fraction of sp³-hybridized carbons (Fsp3) is 0.459. The van der Waals surface area contributed by atoms with Crippen molar-refractivity contribution < 1.29 is 23.1 Å². The molecule has 6 nitrogen and oxygen atoms in total. The van der Waals surface area contributed by atoms with Gasteiger partial charge in [-0.15, -0.1) is 0 Å². The van der Waals surface area contributed by atoms with Crippen LogP contribution in [0.25, 0.3) is 0 Å². The maximum atomic E-state index is 14.6. The van der Waals surface area contributed by atoms with Crippen LogP contribution in [0.3, 0.4) is 0 Å². The van der Waals surface area contributed by atoms with Crippen LogP contribution < -0.4 is 5.32 Å². The Bertz CT molecular complexity index is 1540. The highest BCUT2D eigenvalue weighted by molar-refractivity contribution is 6.30. The second-order valence-electron chi connectivity index (χ2n) is 13.2. The van der Waals surface area contributed by atoms with E-state index in [1.165, 1.54) is 19.2 Å². The van der Waals surface area contributed by atoms with Gasteiger partial charge in [-0.05, 0) is 63.0 Å². The van der Waals surface area contributed by atoms with E-state index >= 15 is 0 Å². The molecule has 1 aromatic carbocycles. The fourth-order valence-electron chi connectivity index (χ4n) is 7.11. The minimum absolute atomic E-state index is 0.0425. The highest BCUT2D eigenvalue weighted by atomic mass is 35.5. The predicted octanol–water partition coefficient (Wildman–Crippen LogP) is 7.57. The van der Waals surface area contributed by atoms with Crippen molar-refractivity contribution in [3.8, 4) is 0 Å². The van der Waals surface area contributed by atoms with Crippen LogP contribution in [0.2, 0.25) is 0 Å². The molecule has 9 heteroatoms. The number of halogens is 3. The predicted molar refractivity (Wildman–Crippen MR) is 176 cm³/mol. The molecule has 4 aliphatic carbocycles. The van der Waals surface area contributed by atoms with E-state index in [2.05, 4.69) is 28.1 Å². The van der Waals surface area contributed by atoms with Gasteiger partial charge in [0.05, 0.1) is 7.11 Å². The van der Waals surface area contributed by atoms with Gasteiger partial charge in [0.2, 0.25) is 0 Å².